The molecule has 0 unspecified atom stereocenters. The Morgan fingerprint density at radius 1 is 0.527 bits per heavy atom. The van der Waals surface area contributed by atoms with Crippen molar-refractivity contribution in [2.24, 2.45) is 11.5 Å². The van der Waals surface area contributed by atoms with Gasteiger partial charge in [0.15, 0.2) is 23.0 Å². The first-order valence-corrected chi connectivity index (χ1v) is 37.8. The van der Waals surface area contributed by atoms with E-state index < -0.39 is 136 Å². The first-order valence-electron chi connectivity index (χ1n) is 37.0. The number of phenols is 6. The molecule has 6 heterocycles. The lowest BCUT2D eigenvalue weighted by Crippen LogP contribution is -2.56. The third kappa shape index (κ3) is 19.2. The molecule has 584 valence electrons. The number of unbranched alkanes of at least 4 members (excludes halogenated alkanes) is 10. The van der Waals surface area contributed by atoms with E-state index in [1.54, 1.807) is 0 Å². The summed E-state index contributed by atoms with van der Waals surface area (Å²) < 4.78 is 19.5. The smallest absolute Gasteiger partial charge is 0.248 e. The molecular weight excluding hydrogens is 1460 g/mol. The van der Waals surface area contributed by atoms with Crippen LogP contribution in [0, 0.1) is 0 Å². The topological polar surface area (TPSA) is 437 Å². The van der Waals surface area contributed by atoms with Crippen LogP contribution >= 0.6 is 23.2 Å². The highest BCUT2D eigenvalue weighted by atomic mass is 35.5. The van der Waals surface area contributed by atoms with Crippen LogP contribution in [-0.2, 0) is 46.5 Å². The molecule has 13 rings (SSSR count). The van der Waals surface area contributed by atoms with E-state index in [4.69, 9.17) is 48.9 Å². The van der Waals surface area contributed by atoms with Crippen LogP contribution < -0.4 is 68.2 Å². The summed E-state index contributed by atoms with van der Waals surface area (Å²) in [5.74, 6) is -13.2. The normalized spacial score (nSPS) is 19.9. The number of nitrogens with two attached hydrogens (primary N) is 2. The van der Waals surface area contributed by atoms with Crippen LogP contribution in [0.15, 0.2) is 109 Å². The second-order valence-corrected chi connectivity index (χ2v) is 29.7. The first kappa shape index (κ1) is 80.4. The Balaban J connectivity index is 1.05. The molecule has 0 aromatic heterocycles. The standard InChI is InChI=1S/C80H93Cl2N11O17/c1-4-5-6-7-8-9-12-15-28-93(2,3)29-16-26-85-41-52-58(97)40-51-64(72(52)99)50-34-44(19-21-56(50)95)66-77(104)92-70(80(107)91-69(51)76(103)86-27-14-11-10-13-25-83)71(98)45-20-24-60(54(82)35-45)110-63-38-47-37-62(73(63)100)109-59-23-17-42(30-53(59)81)31-55-74(101)88-67(78(105)90-68(47)79(106)89-66)46-32-48(94)39-49(33-46)108-61-36-43(18-22-57(61)96)65(84)75(102)87-55/h17-24,30,32-40,55,65-71,85,98H,4-16,25-29,31,41,83-84H2,1-3H3,(H12-,86,87,88,89,90,91,92,94,95,96,97,99,100,101,102,103,104,105,106,107)/p+1/t55-,65-,66-,67+,68-,69+,70+,71-/m1/s1. The fourth-order valence-electron chi connectivity index (χ4n) is 14.1. The molecule has 6 aliphatic rings. The number of aliphatic hydroxyl groups excluding tert-OH is 1. The zero-order valence-electron chi connectivity index (χ0n) is 61.2. The summed E-state index contributed by atoms with van der Waals surface area (Å²) in [6.07, 6.45) is 10.4. The summed E-state index contributed by atoms with van der Waals surface area (Å²) in [6.45, 7) is 4.73. The molecular formula is C80H94Cl2N11O17+. The monoisotopic (exact) mass is 1550 g/mol. The third-order valence-corrected chi connectivity index (χ3v) is 20.8. The van der Waals surface area contributed by atoms with E-state index in [1.807, 2.05) is 0 Å². The summed E-state index contributed by atoms with van der Waals surface area (Å²) in [5, 5.41) is 106. The average Bonchev–Trinajstić information content (AvgIpc) is 0.756. The number of carbonyl (C=O) groups excluding carboxylic acids is 7. The maximum Gasteiger partial charge on any atom is 0.248 e. The molecule has 0 radical (unpaired) electrons. The number of halogens is 2. The minimum Gasteiger partial charge on any atom is -0.508 e. The van der Waals surface area contributed by atoms with Crippen LogP contribution in [0.25, 0.3) is 11.1 Å². The Bertz CT molecular complexity index is 4620. The lowest BCUT2D eigenvalue weighted by Gasteiger charge is -2.32. The van der Waals surface area contributed by atoms with E-state index >= 15 is 28.8 Å². The maximum atomic E-state index is 16.2. The minimum absolute atomic E-state index is 0.0646. The van der Waals surface area contributed by atoms with Crippen molar-refractivity contribution in [3.05, 3.63) is 164 Å². The number of aliphatic hydroxyl groups is 1. The predicted octanol–water partition coefficient (Wildman–Crippen LogP) is 9.23. The van der Waals surface area contributed by atoms with Gasteiger partial charge >= 0.3 is 0 Å². The van der Waals surface area contributed by atoms with E-state index in [0.717, 1.165) is 79.7 Å². The number of benzene rings is 7. The molecule has 19 N–H and O–H groups in total. The number of phenolic OH excluding ortho intramolecular Hbond substituents is 6. The highest BCUT2D eigenvalue weighted by molar-refractivity contribution is 6.32. The van der Waals surface area contributed by atoms with Gasteiger partial charge in [-0.1, -0.05) is 106 Å². The van der Waals surface area contributed by atoms with Gasteiger partial charge in [0, 0.05) is 49.7 Å². The van der Waals surface area contributed by atoms with Gasteiger partial charge in [0.05, 0.1) is 42.8 Å². The van der Waals surface area contributed by atoms with Gasteiger partial charge in [-0.15, -0.1) is 0 Å². The van der Waals surface area contributed by atoms with E-state index in [1.165, 1.54) is 111 Å². The molecule has 8 atom stereocenters. The number of rotatable bonds is 22. The van der Waals surface area contributed by atoms with Crippen molar-refractivity contribution in [3.8, 4) is 80.1 Å². The molecule has 110 heavy (non-hydrogen) atoms. The highest BCUT2D eigenvalue weighted by Crippen LogP contribution is 2.49. The number of amides is 7. The van der Waals surface area contributed by atoms with Crippen molar-refractivity contribution in [2.45, 2.75) is 152 Å². The Labute approximate surface area is 645 Å². The molecule has 0 spiro atoms. The second kappa shape index (κ2) is 35.8. The largest absolute Gasteiger partial charge is 0.508 e. The fourth-order valence-corrected chi connectivity index (χ4v) is 14.5. The van der Waals surface area contributed by atoms with E-state index in [-0.39, 0.29) is 103 Å². The van der Waals surface area contributed by atoms with Crippen LogP contribution in [0.2, 0.25) is 10.0 Å². The van der Waals surface area contributed by atoms with Gasteiger partial charge in [-0.25, -0.2) is 0 Å². The number of aromatic hydroxyl groups is 6. The van der Waals surface area contributed by atoms with Crippen LogP contribution in [0.4, 0.5) is 0 Å². The number of carbonyl (C=O) groups is 7. The van der Waals surface area contributed by atoms with Gasteiger partial charge in [-0.3, -0.25) is 33.6 Å². The Morgan fingerprint density at radius 3 is 1.81 bits per heavy atom. The van der Waals surface area contributed by atoms with Gasteiger partial charge < -0.3 is 108 Å². The van der Waals surface area contributed by atoms with Crippen LogP contribution in [0.3, 0.4) is 0 Å². The minimum atomic E-state index is -2.17. The zero-order valence-corrected chi connectivity index (χ0v) is 62.7. The summed E-state index contributed by atoms with van der Waals surface area (Å²) in [6, 6.07) is 8.83. The predicted molar refractivity (Wildman–Crippen MR) is 409 cm³/mol. The van der Waals surface area contributed by atoms with Gasteiger partial charge in [-0.2, -0.15) is 0 Å². The lowest BCUT2D eigenvalue weighted by molar-refractivity contribution is -0.890. The SMILES string of the molecule is CCCCCCCCCC[N+](C)(C)CCCNCc1c(O)cc2c(c1O)-c1cc(ccc1O)[C@H]1NC(=O)[C@@H]3NC(=O)[C@H]4NC(=O)[C@@H](Cc5ccc(c(Cl)c5)Oc5cc3cc(c5O)Oc3ccc(cc3Cl)[C@@H](O)[C@H](NC1=O)C(=O)N[C@@H]2C(=O)NCCCCCCN)NC(=O)[C@H](N)c1ccc(O)c(c1)Oc1cc(O)cc4c1. The molecule has 7 aromatic rings. The maximum absolute atomic E-state index is 16.2. The number of hydrogen-bond donors (Lipinski definition) is 17. The quantitative estimate of drug-likeness (QED) is 0.0222. The lowest BCUT2D eigenvalue weighted by atomic mass is 9.87. The molecule has 30 heteroatoms. The zero-order chi connectivity index (χ0) is 78.7. The highest BCUT2D eigenvalue weighted by Gasteiger charge is 2.42. The van der Waals surface area contributed by atoms with Crippen LogP contribution in [0.5, 0.6) is 69.0 Å². The average molecular weight is 1550 g/mol. The first-order chi connectivity index (χ1) is 52.7. The van der Waals surface area contributed by atoms with Gasteiger partial charge in [0.25, 0.3) is 0 Å². The number of fused-ring (bicyclic) bond motifs is 14. The molecule has 0 aliphatic carbocycles. The van der Waals surface area contributed by atoms with Crippen molar-refractivity contribution in [2.75, 3.05) is 46.8 Å². The molecule has 0 fully saturated rings. The van der Waals surface area contributed by atoms with Crippen LogP contribution in [-0.4, -0.2) is 140 Å². The molecule has 6 aliphatic heterocycles. The van der Waals surface area contributed by atoms with Crippen LogP contribution in [0.1, 0.15) is 171 Å². The molecule has 7 amide bonds. The number of nitrogens with zero attached hydrogens (tertiary/aromatic N) is 1. The summed E-state index contributed by atoms with van der Waals surface area (Å²) in [5.41, 5.74) is 10.8. The Hall–Kier alpha value is -10.6. The number of quaternary nitrogens is 1. The van der Waals surface area contributed by atoms with Gasteiger partial charge in [0.1, 0.15) is 88.6 Å². The number of hydrogen-bond acceptors (Lipinski definition) is 20. The summed E-state index contributed by atoms with van der Waals surface area (Å²) >= 11 is 14.0. The Morgan fingerprint density at radius 2 is 1.12 bits per heavy atom. The van der Waals surface area contributed by atoms with Crippen molar-refractivity contribution in [1.29, 1.82) is 0 Å². The third-order valence-electron chi connectivity index (χ3n) is 20.2. The van der Waals surface area contributed by atoms with Crippen molar-refractivity contribution >= 4 is 64.6 Å². The number of ether oxygens (including phenoxy) is 3. The Kier molecular flexibility index (Phi) is 26.2. The van der Waals surface area contributed by atoms with Crippen molar-refractivity contribution in [1.82, 2.24) is 42.5 Å². The summed E-state index contributed by atoms with van der Waals surface area (Å²) in [7, 11) is 4.34. The van der Waals surface area contributed by atoms with E-state index in [0.29, 0.717) is 37.9 Å². The van der Waals surface area contributed by atoms with E-state index in [9.17, 15) is 40.5 Å². The van der Waals surface area contributed by atoms with Gasteiger partial charge in [0.2, 0.25) is 47.1 Å². The molecule has 17 bridgehead atoms. The molecule has 0 saturated carbocycles. The summed E-state index contributed by atoms with van der Waals surface area (Å²) in [4.78, 5) is 108. The molecule has 0 saturated heterocycles. The molecule has 7 aromatic carbocycles. The van der Waals surface area contributed by atoms with Crippen molar-refractivity contribution < 1.29 is 88.0 Å². The van der Waals surface area contributed by atoms with E-state index in [2.05, 4.69) is 63.6 Å². The second-order valence-electron chi connectivity index (χ2n) is 28.9. The van der Waals surface area contributed by atoms with Gasteiger partial charge in [-0.05, 0) is 150 Å². The van der Waals surface area contributed by atoms with Crippen molar-refractivity contribution in [3.63, 3.8) is 0 Å². The number of nitrogens with one attached hydrogen (secondary N) is 8. The molecule has 28 nitrogen and oxygen atoms in total. The fraction of sp³-hybridized carbons (Fsp3) is 0.388.